The molecule has 0 unspecified atom stereocenters. The van der Waals surface area contributed by atoms with Crippen molar-refractivity contribution in [1.82, 2.24) is 5.32 Å². The lowest BCUT2D eigenvalue weighted by Gasteiger charge is -2.15. The summed E-state index contributed by atoms with van der Waals surface area (Å²) in [5.74, 6) is 1.13. The van der Waals surface area contributed by atoms with Gasteiger partial charge in [-0.15, -0.1) is 0 Å². The van der Waals surface area contributed by atoms with Crippen LogP contribution in [0.15, 0.2) is 82.7 Å². The second kappa shape index (κ2) is 11.8. The third kappa shape index (κ3) is 6.00. The molecule has 0 bridgehead atoms. The number of carbonyl (C=O) groups excluding carboxylic acids is 1. The molecule has 8 heteroatoms. The molecule has 5 rings (SSSR count). The molecule has 4 aromatic carbocycles. The zero-order chi connectivity index (χ0) is 26.6. The zero-order valence-corrected chi connectivity index (χ0v) is 24.5. The Bertz CT molecular complexity index is 1600. The van der Waals surface area contributed by atoms with Crippen molar-refractivity contribution in [3.63, 3.8) is 0 Å². The van der Waals surface area contributed by atoms with Gasteiger partial charge in [0.15, 0.2) is 16.7 Å². The van der Waals surface area contributed by atoms with Crippen LogP contribution >= 0.6 is 46.0 Å². The molecular formula is C30H24ClIN2O3S. The first kappa shape index (κ1) is 26.6. The van der Waals surface area contributed by atoms with Gasteiger partial charge in [0.25, 0.3) is 5.91 Å². The number of benzene rings is 4. The van der Waals surface area contributed by atoms with Crippen LogP contribution in [-0.2, 0) is 11.4 Å². The van der Waals surface area contributed by atoms with Gasteiger partial charge in [-0.1, -0.05) is 54.1 Å². The number of nitrogens with one attached hydrogen (secondary N) is 1. The van der Waals surface area contributed by atoms with Crippen molar-refractivity contribution >= 4 is 79.6 Å². The highest BCUT2D eigenvalue weighted by molar-refractivity contribution is 14.1. The van der Waals surface area contributed by atoms with Gasteiger partial charge in [0, 0.05) is 5.02 Å². The van der Waals surface area contributed by atoms with Gasteiger partial charge in [0.1, 0.15) is 6.61 Å². The second-order valence-corrected chi connectivity index (χ2v) is 11.2. The molecule has 1 heterocycles. The number of amidine groups is 1. The van der Waals surface area contributed by atoms with E-state index in [9.17, 15) is 4.79 Å². The first-order valence-corrected chi connectivity index (χ1v) is 14.3. The zero-order valence-electron chi connectivity index (χ0n) is 20.8. The summed E-state index contributed by atoms with van der Waals surface area (Å²) in [4.78, 5) is 17.8. The number of aliphatic imine (C=N–C) groups is 1. The summed E-state index contributed by atoms with van der Waals surface area (Å²) in [7, 11) is 0. The van der Waals surface area contributed by atoms with Gasteiger partial charge < -0.3 is 14.8 Å². The van der Waals surface area contributed by atoms with Crippen LogP contribution in [0, 0.1) is 10.5 Å². The summed E-state index contributed by atoms with van der Waals surface area (Å²) < 4.78 is 13.1. The van der Waals surface area contributed by atoms with Crippen LogP contribution in [0.25, 0.3) is 16.8 Å². The third-order valence-corrected chi connectivity index (χ3v) is 8.06. The van der Waals surface area contributed by atoms with Gasteiger partial charge in [-0.3, -0.25) is 4.79 Å². The van der Waals surface area contributed by atoms with E-state index in [0.717, 1.165) is 25.9 Å². The van der Waals surface area contributed by atoms with E-state index in [4.69, 9.17) is 21.1 Å². The van der Waals surface area contributed by atoms with Gasteiger partial charge in [-0.2, -0.15) is 0 Å². The van der Waals surface area contributed by atoms with Crippen LogP contribution < -0.4 is 14.8 Å². The van der Waals surface area contributed by atoms with Crippen molar-refractivity contribution in [2.75, 3.05) is 6.61 Å². The molecule has 0 aromatic heterocycles. The highest BCUT2D eigenvalue weighted by atomic mass is 127. The number of halogens is 2. The summed E-state index contributed by atoms with van der Waals surface area (Å²) in [5, 5.41) is 6.37. The third-order valence-electron chi connectivity index (χ3n) is 5.94. The molecular weight excluding hydrogens is 631 g/mol. The Morgan fingerprint density at radius 2 is 1.84 bits per heavy atom. The van der Waals surface area contributed by atoms with Crippen LogP contribution in [0.3, 0.4) is 0 Å². The summed E-state index contributed by atoms with van der Waals surface area (Å²) in [6, 6.07) is 24.0. The number of ether oxygens (including phenoxy) is 2. The maximum absolute atomic E-state index is 12.7. The highest BCUT2D eigenvalue weighted by Crippen LogP contribution is 2.37. The summed E-state index contributed by atoms with van der Waals surface area (Å²) in [6.45, 7) is 4.75. The van der Waals surface area contributed by atoms with Gasteiger partial charge in [0.2, 0.25) is 0 Å². The SMILES string of the molecule is CCOc1cc(/C=C2/SC(=Nc3cccc(Cl)c3C)NC2=O)cc(I)c1OCc1ccc2ccccc2c1. The fourth-order valence-corrected chi connectivity index (χ4v) is 5.80. The molecule has 0 saturated carbocycles. The number of nitrogens with zero attached hydrogens (tertiary/aromatic N) is 1. The van der Waals surface area contributed by atoms with E-state index in [1.165, 1.54) is 22.5 Å². The summed E-state index contributed by atoms with van der Waals surface area (Å²) in [5.41, 5.74) is 3.51. The first-order valence-electron chi connectivity index (χ1n) is 12.0. The Morgan fingerprint density at radius 1 is 1.03 bits per heavy atom. The maximum Gasteiger partial charge on any atom is 0.264 e. The standard InChI is InChI=1S/C30H24ClIN2O3S/c1-3-36-26-15-20(16-27-29(35)34-30(38-27)33-25-10-6-9-23(31)18(25)2)14-24(32)28(26)37-17-19-11-12-21-7-4-5-8-22(21)13-19/h4-16H,3,17H2,1-2H3,(H,33,34,35)/b27-16+. The van der Waals surface area contributed by atoms with E-state index in [2.05, 4.69) is 63.2 Å². The van der Waals surface area contributed by atoms with Crippen LogP contribution in [0.5, 0.6) is 11.5 Å². The molecule has 1 amide bonds. The lowest BCUT2D eigenvalue weighted by molar-refractivity contribution is -0.115. The predicted molar refractivity (Wildman–Crippen MR) is 166 cm³/mol. The molecule has 1 aliphatic rings. The van der Waals surface area contributed by atoms with E-state index < -0.39 is 0 Å². The molecule has 0 radical (unpaired) electrons. The quantitative estimate of drug-likeness (QED) is 0.161. The number of carbonyl (C=O) groups is 1. The predicted octanol–water partition coefficient (Wildman–Crippen LogP) is 8.28. The van der Waals surface area contributed by atoms with Gasteiger partial charge in [0.05, 0.1) is 20.8 Å². The van der Waals surface area contributed by atoms with Gasteiger partial charge >= 0.3 is 0 Å². The van der Waals surface area contributed by atoms with E-state index >= 15 is 0 Å². The molecule has 192 valence electrons. The summed E-state index contributed by atoms with van der Waals surface area (Å²) >= 11 is 9.76. The Labute approximate surface area is 244 Å². The molecule has 5 nitrogen and oxygen atoms in total. The van der Waals surface area contributed by atoms with Crippen molar-refractivity contribution < 1.29 is 14.3 Å². The molecule has 1 saturated heterocycles. The lowest BCUT2D eigenvalue weighted by atomic mass is 10.1. The van der Waals surface area contributed by atoms with Crippen molar-refractivity contribution in [1.29, 1.82) is 0 Å². The Hall–Kier alpha value is -3.01. The number of thioether (sulfide) groups is 1. The average Bonchev–Trinajstić information content (AvgIpc) is 3.24. The van der Waals surface area contributed by atoms with Gasteiger partial charge in [-0.05, 0) is 112 Å². The second-order valence-electron chi connectivity index (χ2n) is 8.60. The normalized spacial score (nSPS) is 15.3. The molecule has 0 aliphatic carbocycles. The minimum Gasteiger partial charge on any atom is -0.490 e. The van der Waals surface area contributed by atoms with Gasteiger partial charge in [-0.25, -0.2) is 4.99 Å². The number of hydrogen-bond donors (Lipinski definition) is 1. The molecule has 1 fully saturated rings. The van der Waals surface area contributed by atoms with Crippen LogP contribution in [0.1, 0.15) is 23.6 Å². The van der Waals surface area contributed by atoms with Crippen LogP contribution in [0.2, 0.25) is 5.02 Å². The van der Waals surface area contributed by atoms with E-state index in [0.29, 0.717) is 39.8 Å². The monoisotopic (exact) mass is 654 g/mol. The molecule has 38 heavy (non-hydrogen) atoms. The van der Waals surface area contributed by atoms with Crippen LogP contribution in [0.4, 0.5) is 5.69 Å². The van der Waals surface area contributed by atoms with Crippen molar-refractivity contribution in [3.8, 4) is 11.5 Å². The maximum atomic E-state index is 12.7. The fraction of sp³-hybridized carbons (Fsp3) is 0.133. The topological polar surface area (TPSA) is 59.9 Å². The van der Waals surface area contributed by atoms with E-state index in [1.54, 1.807) is 0 Å². The smallest absolute Gasteiger partial charge is 0.264 e. The molecule has 0 spiro atoms. The minimum atomic E-state index is -0.196. The van der Waals surface area contributed by atoms with Crippen molar-refractivity contribution in [3.05, 3.63) is 103 Å². The Balaban J connectivity index is 1.37. The molecule has 4 aromatic rings. The Kier molecular flexibility index (Phi) is 8.26. The van der Waals surface area contributed by atoms with Crippen molar-refractivity contribution in [2.45, 2.75) is 20.5 Å². The lowest BCUT2D eigenvalue weighted by Crippen LogP contribution is -2.19. The van der Waals surface area contributed by atoms with Crippen LogP contribution in [-0.4, -0.2) is 17.7 Å². The molecule has 1 aliphatic heterocycles. The number of hydrogen-bond acceptors (Lipinski definition) is 5. The fourth-order valence-electron chi connectivity index (χ4n) is 4.02. The Morgan fingerprint density at radius 3 is 2.66 bits per heavy atom. The highest BCUT2D eigenvalue weighted by Gasteiger charge is 2.24. The number of fused-ring (bicyclic) bond motifs is 1. The molecule has 1 N–H and O–H groups in total. The summed E-state index contributed by atoms with van der Waals surface area (Å²) in [6.07, 6.45) is 1.84. The number of rotatable bonds is 7. The molecule has 0 atom stereocenters. The number of amides is 1. The first-order chi connectivity index (χ1) is 18.4. The average molecular weight is 655 g/mol. The van der Waals surface area contributed by atoms with E-state index in [1.807, 2.05) is 62.4 Å². The van der Waals surface area contributed by atoms with E-state index in [-0.39, 0.29) is 5.91 Å². The largest absolute Gasteiger partial charge is 0.490 e. The minimum absolute atomic E-state index is 0.196. The van der Waals surface area contributed by atoms with Crippen molar-refractivity contribution in [2.24, 2.45) is 4.99 Å².